The van der Waals surface area contributed by atoms with E-state index in [4.69, 9.17) is 4.74 Å². The van der Waals surface area contributed by atoms with Gasteiger partial charge in [-0.15, -0.1) is 0 Å². The minimum atomic E-state index is -0.239. The van der Waals surface area contributed by atoms with Crippen LogP contribution in [0.2, 0.25) is 0 Å². The van der Waals surface area contributed by atoms with Gasteiger partial charge in [0.15, 0.2) is 0 Å². The van der Waals surface area contributed by atoms with Crippen molar-refractivity contribution in [2.45, 2.75) is 13.8 Å². The predicted octanol–water partition coefficient (Wildman–Crippen LogP) is 2.43. The Bertz CT molecular complexity index is 337. The fourth-order valence-electron chi connectivity index (χ4n) is 1.59. The van der Waals surface area contributed by atoms with E-state index in [9.17, 15) is 4.79 Å². The van der Waals surface area contributed by atoms with E-state index in [2.05, 4.69) is 25.8 Å². The van der Waals surface area contributed by atoms with Gasteiger partial charge in [0, 0.05) is 12.5 Å². The highest BCUT2D eigenvalue weighted by Crippen LogP contribution is 2.04. The van der Waals surface area contributed by atoms with Crippen LogP contribution >= 0.6 is 0 Å². The van der Waals surface area contributed by atoms with Crippen LogP contribution in [0.1, 0.15) is 24.2 Å². The molecule has 0 spiro atoms. The topological polar surface area (TPSA) is 29.5 Å². The molecule has 0 heterocycles. The Kier molecular flexibility index (Phi) is 5.70. The molecule has 0 aliphatic rings. The van der Waals surface area contributed by atoms with Gasteiger partial charge in [0.25, 0.3) is 0 Å². The van der Waals surface area contributed by atoms with Crippen LogP contribution in [0, 0.1) is 5.92 Å². The summed E-state index contributed by atoms with van der Waals surface area (Å²) in [5.41, 5.74) is 0.614. The summed E-state index contributed by atoms with van der Waals surface area (Å²) in [5, 5.41) is 0. The maximum Gasteiger partial charge on any atom is 0.338 e. The first-order valence-corrected chi connectivity index (χ1v) is 6.04. The number of rotatable bonds is 6. The number of hydrogen-bond donors (Lipinski definition) is 0. The van der Waals surface area contributed by atoms with Crippen molar-refractivity contribution in [1.82, 2.24) is 4.90 Å². The van der Waals surface area contributed by atoms with Crippen molar-refractivity contribution >= 4 is 5.97 Å². The molecule has 0 N–H and O–H groups in total. The van der Waals surface area contributed by atoms with Crippen molar-refractivity contribution in [3.05, 3.63) is 35.9 Å². The largest absolute Gasteiger partial charge is 0.462 e. The van der Waals surface area contributed by atoms with E-state index in [1.807, 2.05) is 18.2 Å². The van der Waals surface area contributed by atoms with Gasteiger partial charge in [0.1, 0.15) is 0 Å². The lowest BCUT2D eigenvalue weighted by molar-refractivity contribution is 0.0429. The van der Waals surface area contributed by atoms with E-state index in [1.54, 1.807) is 12.1 Å². The Labute approximate surface area is 103 Å². The molecule has 17 heavy (non-hydrogen) atoms. The number of carbonyl (C=O) groups excluding carboxylic acids is 1. The van der Waals surface area contributed by atoms with Gasteiger partial charge in [-0.1, -0.05) is 32.0 Å². The van der Waals surface area contributed by atoms with E-state index in [0.29, 0.717) is 18.1 Å². The van der Waals surface area contributed by atoms with E-state index in [-0.39, 0.29) is 5.97 Å². The second-order valence-electron chi connectivity index (χ2n) is 4.42. The quantitative estimate of drug-likeness (QED) is 0.709. The molecular weight excluding hydrogens is 214 g/mol. The molecule has 0 saturated heterocycles. The molecule has 0 saturated carbocycles. The second-order valence-corrected chi connectivity index (χ2v) is 4.42. The third-order valence-electron chi connectivity index (χ3n) is 2.67. The first kappa shape index (κ1) is 13.7. The van der Waals surface area contributed by atoms with E-state index < -0.39 is 0 Å². The van der Waals surface area contributed by atoms with Crippen LogP contribution in [0.4, 0.5) is 0 Å². The van der Waals surface area contributed by atoms with Crippen molar-refractivity contribution in [3.8, 4) is 0 Å². The summed E-state index contributed by atoms with van der Waals surface area (Å²) < 4.78 is 5.27. The molecule has 94 valence electrons. The zero-order chi connectivity index (χ0) is 12.7. The van der Waals surface area contributed by atoms with Crippen LogP contribution in [0.15, 0.2) is 30.3 Å². The van der Waals surface area contributed by atoms with Gasteiger partial charge in [0.05, 0.1) is 12.2 Å². The summed E-state index contributed by atoms with van der Waals surface area (Å²) in [5.74, 6) is 0.115. The minimum absolute atomic E-state index is 0.239. The van der Waals surface area contributed by atoms with Crippen LogP contribution in [0.5, 0.6) is 0 Å². The van der Waals surface area contributed by atoms with E-state index in [1.165, 1.54) is 0 Å². The normalized spacial score (nSPS) is 12.5. The van der Waals surface area contributed by atoms with Gasteiger partial charge in [-0.25, -0.2) is 4.79 Å². The maximum atomic E-state index is 11.7. The van der Waals surface area contributed by atoms with Crippen LogP contribution < -0.4 is 0 Å². The van der Waals surface area contributed by atoms with Crippen LogP contribution in [-0.4, -0.2) is 37.6 Å². The van der Waals surface area contributed by atoms with Gasteiger partial charge in [-0.2, -0.15) is 0 Å². The number of esters is 1. The molecule has 0 aliphatic carbocycles. The van der Waals surface area contributed by atoms with Crippen molar-refractivity contribution in [2.24, 2.45) is 5.92 Å². The molecule has 3 heteroatoms. The Balaban J connectivity index is 2.33. The van der Waals surface area contributed by atoms with Crippen molar-refractivity contribution < 1.29 is 9.53 Å². The predicted molar refractivity (Wildman–Crippen MR) is 69.1 cm³/mol. The lowest BCUT2D eigenvalue weighted by Gasteiger charge is -2.19. The summed E-state index contributed by atoms with van der Waals surface area (Å²) >= 11 is 0. The van der Waals surface area contributed by atoms with Gasteiger partial charge in [0.2, 0.25) is 0 Å². The Morgan fingerprint density at radius 3 is 2.59 bits per heavy atom. The third kappa shape index (κ3) is 5.00. The van der Waals surface area contributed by atoms with Crippen molar-refractivity contribution in [1.29, 1.82) is 0 Å². The van der Waals surface area contributed by atoms with Crippen LogP contribution in [0.3, 0.4) is 0 Å². The molecule has 1 atom stereocenters. The van der Waals surface area contributed by atoms with Crippen molar-refractivity contribution in [3.63, 3.8) is 0 Å². The first-order valence-electron chi connectivity index (χ1n) is 6.04. The summed E-state index contributed by atoms with van der Waals surface area (Å²) in [6.07, 6.45) is 0. The summed E-state index contributed by atoms with van der Waals surface area (Å²) in [7, 11) is 2.06. The number of ether oxygens (including phenoxy) is 1. The summed E-state index contributed by atoms with van der Waals surface area (Å²) in [6, 6.07) is 9.10. The first-order chi connectivity index (χ1) is 8.13. The van der Waals surface area contributed by atoms with E-state index >= 15 is 0 Å². The molecule has 1 aromatic carbocycles. The number of hydrogen-bond acceptors (Lipinski definition) is 3. The average Bonchev–Trinajstić information content (AvgIpc) is 2.36. The Morgan fingerprint density at radius 1 is 1.35 bits per heavy atom. The monoisotopic (exact) mass is 235 g/mol. The van der Waals surface area contributed by atoms with Crippen LogP contribution in [-0.2, 0) is 4.74 Å². The Morgan fingerprint density at radius 2 is 2.00 bits per heavy atom. The highest BCUT2D eigenvalue weighted by atomic mass is 16.5. The molecule has 0 bridgehead atoms. The number of carbonyl (C=O) groups is 1. The fraction of sp³-hybridized carbons (Fsp3) is 0.500. The van der Waals surface area contributed by atoms with Gasteiger partial charge < -0.3 is 9.64 Å². The lowest BCUT2D eigenvalue weighted by atomic mass is 10.2. The smallest absolute Gasteiger partial charge is 0.338 e. The van der Waals surface area contributed by atoms with Gasteiger partial charge in [-0.3, -0.25) is 0 Å². The fourth-order valence-corrected chi connectivity index (χ4v) is 1.59. The molecule has 3 nitrogen and oxygen atoms in total. The number of benzene rings is 1. The minimum Gasteiger partial charge on any atom is -0.462 e. The second kappa shape index (κ2) is 7.07. The molecule has 1 rings (SSSR count). The number of nitrogens with zero attached hydrogens (tertiary/aromatic N) is 1. The molecule has 1 aromatic rings. The van der Waals surface area contributed by atoms with E-state index in [0.717, 1.165) is 13.1 Å². The Hall–Kier alpha value is -1.35. The third-order valence-corrected chi connectivity index (χ3v) is 2.67. The maximum absolute atomic E-state index is 11.7. The summed E-state index contributed by atoms with van der Waals surface area (Å²) in [4.78, 5) is 13.9. The zero-order valence-electron chi connectivity index (χ0n) is 10.8. The standard InChI is InChI=1S/C14H21NO2/c1-4-15(3)10-12(2)11-17-14(16)13-8-6-5-7-9-13/h5-9,12H,4,10-11H2,1-3H3. The molecule has 0 aliphatic heterocycles. The molecule has 0 radical (unpaired) electrons. The van der Waals surface area contributed by atoms with Gasteiger partial charge >= 0.3 is 5.97 Å². The molecule has 1 unspecified atom stereocenters. The molecular formula is C14H21NO2. The van der Waals surface area contributed by atoms with Crippen molar-refractivity contribution in [2.75, 3.05) is 26.7 Å². The average molecular weight is 235 g/mol. The molecule has 0 aromatic heterocycles. The SMILES string of the molecule is CCN(C)CC(C)COC(=O)c1ccccc1. The van der Waals surface area contributed by atoms with Gasteiger partial charge in [-0.05, 0) is 25.7 Å². The lowest BCUT2D eigenvalue weighted by Crippen LogP contribution is -2.27. The highest BCUT2D eigenvalue weighted by Gasteiger charge is 2.10. The zero-order valence-corrected chi connectivity index (χ0v) is 10.8. The molecule has 0 amide bonds. The molecule has 0 fully saturated rings. The van der Waals surface area contributed by atoms with Crippen LogP contribution in [0.25, 0.3) is 0 Å². The summed E-state index contributed by atoms with van der Waals surface area (Å²) in [6.45, 7) is 6.63. The highest BCUT2D eigenvalue weighted by molar-refractivity contribution is 5.89.